The van der Waals surface area contributed by atoms with Crippen LogP contribution in [0.1, 0.15) is 15.9 Å². The molecule has 0 aromatic heterocycles. The summed E-state index contributed by atoms with van der Waals surface area (Å²) in [5.74, 6) is -1.06. The van der Waals surface area contributed by atoms with Crippen molar-refractivity contribution in [3.8, 4) is 5.75 Å². The quantitative estimate of drug-likeness (QED) is 0.699. The van der Waals surface area contributed by atoms with Gasteiger partial charge in [-0.3, -0.25) is 0 Å². The van der Waals surface area contributed by atoms with Crippen LogP contribution in [-0.4, -0.2) is 33.9 Å². The number of carbonyl (C=O) groups is 1. The third-order valence-electron chi connectivity index (χ3n) is 3.68. The molecule has 0 atom stereocenters. The van der Waals surface area contributed by atoms with Crippen molar-refractivity contribution < 1.29 is 19.9 Å². The molecule has 124 valence electrons. The molecule has 0 saturated carbocycles. The van der Waals surface area contributed by atoms with E-state index in [9.17, 15) is 14.8 Å². The molecule has 0 saturated heterocycles. The molecule has 2 rings (SSSR count). The number of benzene rings is 2. The number of rotatable bonds is 5. The first kappa shape index (κ1) is 18.0. The predicted molar refractivity (Wildman–Crippen MR) is 96.2 cm³/mol. The molecule has 2 aromatic rings. The Morgan fingerprint density at radius 2 is 1.78 bits per heavy atom. The Morgan fingerprint density at radius 1 is 1.17 bits per heavy atom. The van der Waals surface area contributed by atoms with Crippen molar-refractivity contribution in [2.45, 2.75) is 6.42 Å². The van der Waals surface area contributed by atoms with Crippen LogP contribution in [0, 0.1) is 0 Å². The van der Waals surface area contributed by atoms with E-state index in [0.717, 1.165) is 10.9 Å². The molecule has 3 N–H and O–H groups in total. The second-order valence-electron chi connectivity index (χ2n) is 5.56. The van der Waals surface area contributed by atoms with Crippen LogP contribution < -0.4 is 5.30 Å². The molecule has 0 aliphatic rings. The molecular weight excluding hydrogens is 358 g/mol. The number of phenolic OH excluding ortho intramolecular Hbond substituents is 1. The Hall–Kier alpha value is -1.32. The van der Waals surface area contributed by atoms with E-state index in [-0.39, 0.29) is 21.4 Å². The maximum absolute atomic E-state index is 11.1. The van der Waals surface area contributed by atoms with Gasteiger partial charge in [0.2, 0.25) is 0 Å². The summed E-state index contributed by atoms with van der Waals surface area (Å²) in [6, 6.07) is 9.73. The van der Waals surface area contributed by atoms with E-state index in [0.29, 0.717) is 12.6 Å². The van der Waals surface area contributed by atoms with Crippen molar-refractivity contribution in [3.05, 3.63) is 57.6 Å². The van der Waals surface area contributed by atoms with Crippen LogP contribution in [-0.2, 0) is 6.42 Å². The summed E-state index contributed by atoms with van der Waals surface area (Å²) in [5.41, 5.74) is 0.645. The van der Waals surface area contributed by atoms with E-state index in [4.69, 9.17) is 28.3 Å². The molecular formula is C16H17Cl2O4P. The number of halogens is 2. The van der Waals surface area contributed by atoms with E-state index in [1.807, 2.05) is 0 Å². The second kappa shape index (κ2) is 7.06. The molecule has 0 bridgehead atoms. The van der Waals surface area contributed by atoms with Crippen LogP contribution in [0.5, 0.6) is 5.75 Å². The summed E-state index contributed by atoms with van der Waals surface area (Å²) >= 11 is 11.9. The standard InChI is InChI=1S/C16H17Cl2O4P/c1-23(22,12-4-2-3-11(19)9-12)6-5-10-7-13(17)15(16(20)21)14(18)8-10/h2-4,7-9,19,22-23H,5-6H2,1H3,(H,20,21). The Morgan fingerprint density at radius 3 is 2.30 bits per heavy atom. The first-order valence-corrected chi connectivity index (χ1v) is 10.3. The Balaban J connectivity index is 2.19. The fourth-order valence-electron chi connectivity index (χ4n) is 2.35. The first-order valence-electron chi connectivity index (χ1n) is 6.94. The minimum absolute atomic E-state index is 0.0821. The van der Waals surface area contributed by atoms with Crippen LogP contribution in [0.3, 0.4) is 0 Å². The van der Waals surface area contributed by atoms with Crippen molar-refractivity contribution >= 4 is 42.0 Å². The van der Waals surface area contributed by atoms with Gasteiger partial charge >= 0.3 is 144 Å². The van der Waals surface area contributed by atoms with Gasteiger partial charge < -0.3 is 0 Å². The van der Waals surface area contributed by atoms with Gasteiger partial charge in [-0.15, -0.1) is 0 Å². The van der Waals surface area contributed by atoms with Crippen LogP contribution >= 0.6 is 30.7 Å². The zero-order valence-electron chi connectivity index (χ0n) is 12.4. The zero-order chi connectivity index (χ0) is 17.2. The van der Waals surface area contributed by atoms with Crippen LogP contribution in [0.15, 0.2) is 36.4 Å². The van der Waals surface area contributed by atoms with Gasteiger partial charge in [-0.05, 0) is 0 Å². The molecule has 4 nitrogen and oxygen atoms in total. The van der Waals surface area contributed by atoms with Crippen LogP contribution in [0.4, 0.5) is 0 Å². The third-order valence-corrected chi connectivity index (χ3v) is 7.06. The summed E-state index contributed by atoms with van der Waals surface area (Å²) in [6.45, 7) is 1.79. The number of hydrogen-bond donors (Lipinski definition) is 3. The van der Waals surface area contributed by atoms with E-state index in [1.54, 1.807) is 43.1 Å². The molecule has 0 aliphatic heterocycles. The van der Waals surface area contributed by atoms with E-state index in [1.165, 1.54) is 0 Å². The van der Waals surface area contributed by atoms with Crippen LogP contribution in [0.2, 0.25) is 10.0 Å². The minimum atomic E-state index is -2.73. The summed E-state index contributed by atoms with van der Waals surface area (Å²) < 4.78 is 0. The van der Waals surface area contributed by atoms with Gasteiger partial charge in [-0.1, -0.05) is 0 Å². The molecule has 0 amide bonds. The van der Waals surface area contributed by atoms with E-state index < -0.39 is 13.5 Å². The van der Waals surface area contributed by atoms with Gasteiger partial charge in [0.1, 0.15) is 0 Å². The molecule has 2 aromatic carbocycles. The van der Waals surface area contributed by atoms with Gasteiger partial charge in [-0.2, -0.15) is 0 Å². The molecule has 0 fully saturated rings. The Labute approximate surface area is 144 Å². The molecule has 0 unspecified atom stereocenters. The van der Waals surface area contributed by atoms with Gasteiger partial charge in [0.25, 0.3) is 0 Å². The van der Waals surface area contributed by atoms with Crippen molar-refractivity contribution in [1.82, 2.24) is 0 Å². The molecule has 0 heterocycles. The molecule has 0 spiro atoms. The first-order chi connectivity index (χ1) is 10.7. The number of carboxylic acids is 1. The van der Waals surface area contributed by atoms with Gasteiger partial charge in [0.05, 0.1) is 0 Å². The van der Waals surface area contributed by atoms with Gasteiger partial charge in [0, 0.05) is 0 Å². The average Bonchev–Trinajstić information content (AvgIpc) is 2.44. The van der Waals surface area contributed by atoms with E-state index >= 15 is 0 Å². The summed E-state index contributed by atoms with van der Waals surface area (Å²) in [5, 5.41) is 19.5. The topological polar surface area (TPSA) is 77.8 Å². The number of aromatic carboxylic acids is 1. The normalized spacial score (nSPS) is 12.2. The van der Waals surface area contributed by atoms with Crippen molar-refractivity contribution in [2.24, 2.45) is 0 Å². The summed E-state index contributed by atoms with van der Waals surface area (Å²) in [6.07, 6.45) is 1.00. The summed E-state index contributed by atoms with van der Waals surface area (Å²) in [7, 11) is -2.73. The zero-order valence-corrected chi connectivity index (χ0v) is 14.9. The average molecular weight is 375 g/mol. The Bertz CT molecular complexity index is 724. The Kier molecular flexibility index (Phi) is 5.53. The number of aryl methyl sites for hydroxylation is 1. The third kappa shape index (κ3) is 4.36. The molecule has 23 heavy (non-hydrogen) atoms. The fraction of sp³-hybridized carbons (Fsp3) is 0.188. The number of carboxylic acid groups (broad SMARTS) is 1. The second-order valence-corrected chi connectivity index (χ2v) is 10.0. The molecule has 0 aliphatic carbocycles. The number of hydrogen-bond acceptors (Lipinski definition) is 3. The van der Waals surface area contributed by atoms with Gasteiger partial charge in [0.15, 0.2) is 0 Å². The maximum atomic E-state index is 11.1. The number of phenols is 1. The van der Waals surface area contributed by atoms with Gasteiger partial charge in [-0.25, -0.2) is 0 Å². The SMILES string of the molecule is C[PH](O)(CCc1cc(Cl)c(C(=O)O)c(Cl)c1)c1cccc(O)c1. The fourth-order valence-corrected chi connectivity index (χ4v) is 5.02. The number of aromatic hydroxyl groups is 1. The summed E-state index contributed by atoms with van der Waals surface area (Å²) in [4.78, 5) is 21.8. The van der Waals surface area contributed by atoms with Crippen LogP contribution in [0.25, 0.3) is 0 Å². The van der Waals surface area contributed by atoms with Crippen molar-refractivity contribution in [1.29, 1.82) is 0 Å². The monoisotopic (exact) mass is 374 g/mol. The molecule has 7 heteroatoms. The predicted octanol–water partition coefficient (Wildman–Crippen LogP) is 3.55. The van der Waals surface area contributed by atoms with Crippen molar-refractivity contribution in [2.75, 3.05) is 12.8 Å². The van der Waals surface area contributed by atoms with Crippen molar-refractivity contribution in [3.63, 3.8) is 0 Å². The van der Waals surface area contributed by atoms with E-state index in [2.05, 4.69) is 0 Å². The molecule has 0 radical (unpaired) electrons.